The van der Waals surface area contributed by atoms with Crippen molar-refractivity contribution >= 4 is 11.5 Å². The van der Waals surface area contributed by atoms with Crippen molar-refractivity contribution in [3.8, 4) is 22.4 Å². The SMILES string of the molecule is CC(C)=CCNc1cnc(-c2cc(C)c(-c3ccc(N(CCC(C)C)CCC(C)C)cc3)cc2C)cn1. The number of anilines is 2. The van der Waals surface area contributed by atoms with Crippen molar-refractivity contribution in [1.82, 2.24) is 9.97 Å². The predicted octanol–water partition coefficient (Wildman–Crippen LogP) is 8.70. The van der Waals surface area contributed by atoms with Gasteiger partial charge in [0.1, 0.15) is 5.82 Å². The van der Waals surface area contributed by atoms with Crippen LogP contribution in [0.2, 0.25) is 0 Å². The molecule has 2 aromatic carbocycles. The third-order valence-corrected chi connectivity index (χ3v) is 6.79. The lowest BCUT2D eigenvalue weighted by atomic mass is 9.93. The van der Waals surface area contributed by atoms with Gasteiger partial charge in [-0.1, -0.05) is 57.5 Å². The lowest BCUT2D eigenvalue weighted by molar-refractivity contribution is 0.535. The molecule has 0 saturated heterocycles. The molecule has 0 bridgehead atoms. The average molecular weight is 499 g/mol. The Morgan fingerprint density at radius 2 is 1.43 bits per heavy atom. The van der Waals surface area contributed by atoms with Crippen LogP contribution >= 0.6 is 0 Å². The number of aryl methyl sites for hydroxylation is 2. The molecular weight excluding hydrogens is 452 g/mol. The molecule has 3 rings (SSSR count). The lowest BCUT2D eigenvalue weighted by Gasteiger charge is -2.27. The van der Waals surface area contributed by atoms with Crippen LogP contribution in [0.15, 0.2) is 60.4 Å². The van der Waals surface area contributed by atoms with Crippen LogP contribution in [-0.2, 0) is 0 Å². The van der Waals surface area contributed by atoms with Crippen molar-refractivity contribution in [3.05, 3.63) is 71.6 Å². The van der Waals surface area contributed by atoms with Crippen LogP contribution in [0.1, 0.15) is 65.5 Å². The van der Waals surface area contributed by atoms with E-state index >= 15 is 0 Å². The quantitative estimate of drug-likeness (QED) is 0.254. The van der Waals surface area contributed by atoms with E-state index in [2.05, 4.69) is 113 Å². The minimum absolute atomic E-state index is 0.713. The highest BCUT2D eigenvalue weighted by molar-refractivity contribution is 5.75. The minimum Gasteiger partial charge on any atom is -0.372 e. The summed E-state index contributed by atoms with van der Waals surface area (Å²) >= 11 is 0. The Bertz CT molecular complexity index is 1140. The third-order valence-electron chi connectivity index (χ3n) is 6.79. The summed E-state index contributed by atoms with van der Waals surface area (Å²) < 4.78 is 0. The second-order valence-corrected chi connectivity index (χ2v) is 11.3. The second kappa shape index (κ2) is 13.4. The monoisotopic (exact) mass is 498 g/mol. The van der Waals surface area contributed by atoms with Gasteiger partial charge < -0.3 is 10.2 Å². The first kappa shape index (κ1) is 28.4. The van der Waals surface area contributed by atoms with Gasteiger partial charge in [-0.2, -0.15) is 0 Å². The fourth-order valence-electron chi connectivity index (χ4n) is 4.37. The smallest absolute Gasteiger partial charge is 0.144 e. The summed E-state index contributed by atoms with van der Waals surface area (Å²) in [5, 5.41) is 3.30. The Labute approximate surface area is 225 Å². The first-order valence-electron chi connectivity index (χ1n) is 13.8. The van der Waals surface area contributed by atoms with Crippen molar-refractivity contribution < 1.29 is 0 Å². The van der Waals surface area contributed by atoms with E-state index in [4.69, 9.17) is 4.98 Å². The normalized spacial score (nSPS) is 11.2. The number of hydrogen-bond acceptors (Lipinski definition) is 4. The van der Waals surface area contributed by atoms with Crippen molar-refractivity contribution in [3.63, 3.8) is 0 Å². The van der Waals surface area contributed by atoms with Gasteiger partial charge in [-0.15, -0.1) is 0 Å². The maximum Gasteiger partial charge on any atom is 0.144 e. The maximum atomic E-state index is 4.69. The van der Waals surface area contributed by atoms with Crippen molar-refractivity contribution in [2.45, 2.75) is 68.2 Å². The Kier molecular flexibility index (Phi) is 10.3. The molecule has 0 radical (unpaired) electrons. The summed E-state index contributed by atoms with van der Waals surface area (Å²) in [5.41, 5.74) is 9.63. The molecule has 198 valence electrons. The first-order valence-corrected chi connectivity index (χ1v) is 13.8. The fourth-order valence-corrected chi connectivity index (χ4v) is 4.37. The van der Waals surface area contributed by atoms with Gasteiger partial charge in [-0.3, -0.25) is 4.98 Å². The molecule has 3 aromatic rings. The van der Waals surface area contributed by atoms with Gasteiger partial charge in [0.25, 0.3) is 0 Å². The van der Waals surface area contributed by atoms with Crippen molar-refractivity contribution in [1.29, 1.82) is 0 Å². The molecule has 4 heteroatoms. The molecule has 0 atom stereocenters. The van der Waals surface area contributed by atoms with Gasteiger partial charge in [0.15, 0.2) is 0 Å². The number of nitrogens with zero attached hydrogens (tertiary/aromatic N) is 3. The average Bonchev–Trinajstić information content (AvgIpc) is 2.85. The van der Waals surface area contributed by atoms with Crippen LogP contribution in [-0.4, -0.2) is 29.6 Å². The number of nitrogens with one attached hydrogen (secondary N) is 1. The van der Waals surface area contributed by atoms with Gasteiger partial charge in [0.05, 0.1) is 18.1 Å². The molecule has 0 amide bonds. The number of benzene rings is 2. The molecular formula is C33H46N4. The summed E-state index contributed by atoms with van der Waals surface area (Å²) in [6, 6.07) is 13.7. The summed E-state index contributed by atoms with van der Waals surface area (Å²) in [6.07, 6.45) is 8.26. The Morgan fingerprint density at radius 1 is 0.838 bits per heavy atom. The van der Waals surface area contributed by atoms with E-state index in [1.54, 1.807) is 0 Å². The molecule has 0 fully saturated rings. The van der Waals surface area contributed by atoms with E-state index in [1.165, 1.54) is 46.4 Å². The van der Waals surface area contributed by atoms with Crippen LogP contribution in [0.25, 0.3) is 22.4 Å². The van der Waals surface area contributed by atoms with Crippen molar-refractivity contribution in [2.24, 2.45) is 11.8 Å². The molecule has 0 aliphatic carbocycles. The Hall–Kier alpha value is -3.14. The van der Waals surface area contributed by atoms with E-state index in [0.717, 1.165) is 36.7 Å². The van der Waals surface area contributed by atoms with E-state index in [-0.39, 0.29) is 0 Å². The molecule has 1 aromatic heterocycles. The number of hydrogen-bond donors (Lipinski definition) is 1. The van der Waals surface area contributed by atoms with E-state index < -0.39 is 0 Å². The Balaban J connectivity index is 1.78. The molecule has 0 aliphatic rings. The fraction of sp³-hybridized carbons (Fsp3) is 0.455. The minimum atomic E-state index is 0.713. The number of allylic oxidation sites excluding steroid dienone is 1. The van der Waals surface area contributed by atoms with Crippen LogP contribution < -0.4 is 10.2 Å². The third kappa shape index (κ3) is 8.45. The molecule has 0 spiro atoms. The molecule has 4 nitrogen and oxygen atoms in total. The zero-order chi connectivity index (χ0) is 26.9. The van der Waals surface area contributed by atoms with Crippen LogP contribution in [0.3, 0.4) is 0 Å². The molecule has 37 heavy (non-hydrogen) atoms. The topological polar surface area (TPSA) is 41.1 Å². The van der Waals surface area contributed by atoms with Crippen LogP contribution in [0.5, 0.6) is 0 Å². The van der Waals surface area contributed by atoms with E-state index in [1.807, 2.05) is 12.4 Å². The molecule has 1 heterocycles. The molecule has 0 unspecified atom stereocenters. The number of aromatic nitrogens is 2. The van der Waals surface area contributed by atoms with Crippen LogP contribution in [0.4, 0.5) is 11.5 Å². The number of rotatable bonds is 12. The highest BCUT2D eigenvalue weighted by Gasteiger charge is 2.12. The zero-order valence-electron chi connectivity index (χ0n) is 24.2. The highest BCUT2D eigenvalue weighted by atomic mass is 15.1. The molecule has 0 aliphatic heterocycles. The van der Waals surface area contributed by atoms with E-state index in [9.17, 15) is 0 Å². The summed E-state index contributed by atoms with van der Waals surface area (Å²) in [5.74, 6) is 2.22. The van der Waals surface area contributed by atoms with Gasteiger partial charge in [0.2, 0.25) is 0 Å². The lowest BCUT2D eigenvalue weighted by Crippen LogP contribution is -2.27. The van der Waals surface area contributed by atoms with Gasteiger partial charge >= 0.3 is 0 Å². The molecule has 0 saturated carbocycles. The summed E-state index contributed by atoms with van der Waals surface area (Å²) in [7, 11) is 0. The van der Waals surface area contributed by atoms with E-state index in [0.29, 0.717) is 11.8 Å². The standard InChI is InChI=1S/C33H46N4/c1-23(2)13-16-34-33-22-35-32(21-36-33)31-20-26(7)30(19-27(31)8)28-9-11-29(12-10-28)37(17-14-24(3)4)18-15-25(5)6/h9-13,19-22,24-25H,14-18H2,1-8H3,(H,34,36). The van der Waals surface area contributed by atoms with Crippen molar-refractivity contribution in [2.75, 3.05) is 29.9 Å². The van der Waals surface area contributed by atoms with Gasteiger partial charge in [-0.05, 0) is 92.8 Å². The summed E-state index contributed by atoms with van der Waals surface area (Å²) in [6.45, 7) is 20.7. The zero-order valence-corrected chi connectivity index (χ0v) is 24.2. The largest absolute Gasteiger partial charge is 0.372 e. The highest BCUT2D eigenvalue weighted by Crippen LogP contribution is 2.32. The first-order chi connectivity index (χ1) is 17.6. The van der Waals surface area contributed by atoms with Crippen LogP contribution in [0, 0.1) is 25.7 Å². The van der Waals surface area contributed by atoms with Gasteiger partial charge in [-0.25, -0.2) is 4.98 Å². The van der Waals surface area contributed by atoms with Gasteiger partial charge in [0, 0.05) is 30.9 Å². The maximum absolute atomic E-state index is 4.69. The Morgan fingerprint density at radius 3 is 1.97 bits per heavy atom. The molecule has 1 N–H and O–H groups in total. The second-order valence-electron chi connectivity index (χ2n) is 11.3. The predicted molar refractivity (Wildman–Crippen MR) is 161 cm³/mol. The summed E-state index contributed by atoms with van der Waals surface area (Å²) in [4.78, 5) is 11.8.